The third-order valence-corrected chi connectivity index (χ3v) is 0.438. The van der Waals surface area contributed by atoms with E-state index in [0.717, 1.165) is 0 Å². The van der Waals surface area contributed by atoms with Crippen molar-refractivity contribution >= 4 is 6.41 Å². The van der Waals surface area contributed by atoms with Gasteiger partial charge in [-0.1, -0.05) is 6.08 Å². The Morgan fingerprint density at radius 3 is 2.57 bits per heavy atom. The van der Waals surface area contributed by atoms with E-state index in [1.165, 1.54) is 6.08 Å². The molecule has 0 unspecified atom stereocenters. The zero-order valence-electron chi connectivity index (χ0n) is 3.87. The highest BCUT2D eigenvalue weighted by Crippen LogP contribution is 1.70. The first-order valence-corrected chi connectivity index (χ1v) is 1.83. The maximum absolute atomic E-state index is 9.52. The summed E-state index contributed by atoms with van der Waals surface area (Å²) in [5, 5.41) is 8.76. The summed E-state index contributed by atoms with van der Waals surface area (Å²) in [6.07, 6.45) is 1.75. The van der Waals surface area contributed by atoms with Crippen molar-refractivity contribution in [3.63, 3.8) is 0 Å². The molecule has 0 rings (SSSR count). The highest BCUT2D eigenvalue weighted by molar-refractivity contribution is 5.44. The molecule has 0 aromatic heterocycles. The summed E-state index contributed by atoms with van der Waals surface area (Å²) in [5.41, 5.74) is 0. The average molecular weight is 101 g/mol. The number of hydroxylamine groups is 2. The lowest BCUT2D eigenvalue weighted by molar-refractivity contribution is -0.147. The first-order valence-electron chi connectivity index (χ1n) is 1.83. The molecule has 3 heteroatoms. The van der Waals surface area contributed by atoms with Crippen LogP contribution in [0.4, 0.5) is 0 Å². The van der Waals surface area contributed by atoms with Crippen LogP contribution in [0.2, 0.25) is 0 Å². The van der Waals surface area contributed by atoms with E-state index in [2.05, 4.69) is 6.58 Å². The Bertz CT molecular complexity index is 72.1. The lowest BCUT2D eigenvalue weighted by atomic mass is 10.6. The Kier molecular flexibility index (Phi) is 2.96. The predicted molar refractivity (Wildman–Crippen MR) is 24.8 cm³/mol. The molecular weight excluding hydrogens is 94.0 g/mol. The largest absolute Gasteiger partial charge is 0.286 e. The van der Waals surface area contributed by atoms with E-state index in [0.29, 0.717) is 11.5 Å². The van der Waals surface area contributed by atoms with Gasteiger partial charge in [-0.25, -0.2) is 5.06 Å². The van der Waals surface area contributed by atoms with E-state index < -0.39 is 0 Å². The van der Waals surface area contributed by atoms with Crippen LogP contribution in [0.1, 0.15) is 0 Å². The van der Waals surface area contributed by atoms with Crippen LogP contribution in [0.15, 0.2) is 12.7 Å². The standard InChI is InChI=1S/C4H7NO2/c1-2-3-5(7)4-6/h2,4,7H,1,3H2. The van der Waals surface area contributed by atoms with Crippen molar-refractivity contribution in [1.29, 1.82) is 0 Å². The van der Waals surface area contributed by atoms with E-state index >= 15 is 0 Å². The van der Waals surface area contributed by atoms with Gasteiger partial charge in [0.25, 0.3) is 0 Å². The van der Waals surface area contributed by atoms with Gasteiger partial charge in [0.15, 0.2) is 0 Å². The molecule has 0 atom stereocenters. The molecule has 0 aliphatic carbocycles. The molecule has 40 valence electrons. The maximum Gasteiger partial charge on any atom is 0.233 e. The van der Waals surface area contributed by atoms with Crippen LogP contribution in [0.3, 0.4) is 0 Å². The molecule has 0 aromatic rings. The van der Waals surface area contributed by atoms with E-state index in [1.807, 2.05) is 0 Å². The summed E-state index contributed by atoms with van der Waals surface area (Å²) in [6.45, 7) is 3.47. The van der Waals surface area contributed by atoms with Crippen LogP contribution in [0.5, 0.6) is 0 Å². The molecule has 0 radical (unpaired) electrons. The van der Waals surface area contributed by atoms with Crippen molar-refractivity contribution < 1.29 is 10.0 Å². The molecule has 3 nitrogen and oxygen atoms in total. The second kappa shape index (κ2) is 3.36. The molecule has 0 aliphatic rings. The second-order valence-corrected chi connectivity index (χ2v) is 1.02. The number of hydrogen-bond donors (Lipinski definition) is 1. The molecule has 1 N–H and O–H groups in total. The van der Waals surface area contributed by atoms with Crippen molar-refractivity contribution in [3.8, 4) is 0 Å². The van der Waals surface area contributed by atoms with Gasteiger partial charge < -0.3 is 0 Å². The van der Waals surface area contributed by atoms with Crippen molar-refractivity contribution in [2.75, 3.05) is 6.54 Å². The topological polar surface area (TPSA) is 40.5 Å². The Balaban J connectivity index is 3.15. The molecule has 0 saturated heterocycles. The summed E-state index contributed by atoms with van der Waals surface area (Å²) < 4.78 is 0. The smallest absolute Gasteiger partial charge is 0.233 e. The number of amides is 1. The molecule has 0 fully saturated rings. The van der Waals surface area contributed by atoms with Gasteiger partial charge in [-0.2, -0.15) is 0 Å². The molecule has 0 heterocycles. The first-order chi connectivity index (χ1) is 3.31. The van der Waals surface area contributed by atoms with Gasteiger partial charge in [0.05, 0.1) is 6.54 Å². The normalized spacial score (nSPS) is 7.57. The summed E-state index contributed by atoms with van der Waals surface area (Å²) in [5.74, 6) is 0. The highest BCUT2D eigenvalue weighted by Gasteiger charge is 1.84. The van der Waals surface area contributed by atoms with Gasteiger partial charge >= 0.3 is 0 Å². The predicted octanol–water partition coefficient (Wildman–Crippen LogP) is 0.0200. The van der Waals surface area contributed by atoms with Crippen molar-refractivity contribution in [1.82, 2.24) is 5.06 Å². The Morgan fingerprint density at radius 2 is 2.43 bits per heavy atom. The molecule has 0 saturated carbocycles. The minimum Gasteiger partial charge on any atom is -0.286 e. The molecule has 0 spiro atoms. The molecular formula is C4H7NO2. The van der Waals surface area contributed by atoms with Crippen LogP contribution >= 0.6 is 0 Å². The van der Waals surface area contributed by atoms with Gasteiger partial charge in [0.1, 0.15) is 0 Å². The fourth-order valence-electron chi connectivity index (χ4n) is 0.175. The van der Waals surface area contributed by atoms with Crippen molar-refractivity contribution in [3.05, 3.63) is 12.7 Å². The van der Waals surface area contributed by atoms with Gasteiger partial charge in [-0.05, 0) is 0 Å². The number of carbonyl (C=O) groups is 1. The quantitative estimate of drug-likeness (QED) is 0.235. The van der Waals surface area contributed by atoms with Crippen LogP contribution in [-0.2, 0) is 4.79 Å². The van der Waals surface area contributed by atoms with Crippen LogP contribution in [0.25, 0.3) is 0 Å². The SMILES string of the molecule is C=CCN(O)C=O. The minimum absolute atomic E-state index is 0.184. The highest BCUT2D eigenvalue weighted by atomic mass is 16.5. The van der Waals surface area contributed by atoms with E-state index in [-0.39, 0.29) is 6.54 Å². The van der Waals surface area contributed by atoms with Crippen molar-refractivity contribution in [2.24, 2.45) is 0 Å². The summed E-state index contributed by atoms with van der Waals surface area (Å²) >= 11 is 0. The number of hydrogen-bond acceptors (Lipinski definition) is 2. The molecule has 7 heavy (non-hydrogen) atoms. The van der Waals surface area contributed by atoms with Crippen molar-refractivity contribution in [2.45, 2.75) is 0 Å². The molecule has 1 amide bonds. The Labute approximate surface area is 41.8 Å². The lowest BCUT2D eigenvalue weighted by Gasteiger charge is -2.00. The number of carbonyl (C=O) groups excluding carboxylic acids is 1. The third-order valence-electron chi connectivity index (χ3n) is 0.438. The van der Waals surface area contributed by atoms with Crippen LogP contribution in [-0.4, -0.2) is 23.2 Å². The van der Waals surface area contributed by atoms with E-state index in [1.54, 1.807) is 0 Å². The maximum atomic E-state index is 9.52. The van der Waals surface area contributed by atoms with E-state index in [4.69, 9.17) is 5.21 Å². The van der Waals surface area contributed by atoms with Crippen LogP contribution < -0.4 is 0 Å². The first kappa shape index (κ1) is 6.17. The lowest BCUT2D eigenvalue weighted by Crippen LogP contribution is -2.15. The third kappa shape index (κ3) is 2.99. The summed E-state index contributed by atoms with van der Waals surface area (Å²) in [6, 6.07) is 0. The summed E-state index contributed by atoms with van der Waals surface area (Å²) in [4.78, 5) is 9.52. The fraction of sp³-hybridized carbons (Fsp3) is 0.250. The molecule has 0 bridgehead atoms. The number of rotatable bonds is 3. The monoisotopic (exact) mass is 101 g/mol. The van der Waals surface area contributed by atoms with Gasteiger partial charge in [0.2, 0.25) is 6.41 Å². The second-order valence-electron chi connectivity index (χ2n) is 1.02. The zero-order chi connectivity index (χ0) is 5.70. The Morgan fingerprint density at radius 1 is 1.86 bits per heavy atom. The fourth-order valence-corrected chi connectivity index (χ4v) is 0.175. The number of nitrogens with zero attached hydrogens (tertiary/aromatic N) is 1. The molecule has 0 aromatic carbocycles. The average Bonchev–Trinajstić information content (AvgIpc) is 1.68. The van der Waals surface area contributed by atoms with Gasteiger partial charge in [-0.15, -0.1) is 6.58 Å². The summed E-state index contributed by atoms with van der Waals surface area (Å²) in [7, 11) is 0. The zero-order valence-corrected chi connectivity index (χ0v) is 3.87. The Hall–Kier alpha value is -0.830. The van der Waals surface area contributed by atoms with Crippen LogP contribution in [0, 0.1) is 0 Å². The molecule has 0 aliphatic heterocycles. The van der Waals surface area contributed by atoms with Gasteiger partial charge in [-0.3, -0.25) is 10.0 Å². The van der Waals surface area contributed by atoms with Gasteiger partial charge in [0, 0.05) is 0 Å². The minimum atomic E-state index is 0.184. The van der Waals surface area contributed by atoms with E-state index in [9.17, 15) is 4.79 Å².